The summed E-state index contributed by atoms with van der Waals surface area (Å²) in [7, 11) is 0. The molecule has 19 nitrogen and oxygen atoms in total. The first-order chi connectivity index (χ1) is 22.7. The van der Waals surface area contributed by atoms with E-state index in [1.165, 1.54) is 23.6 Å². The Labute approximate surface area is 326 Å². The van der Waals surface area contributed by atoms with Crippen LogP contribution in [0, 0.1) is 44.9 Å². The van der Waals surface area contributed by atoms with E-state index in [9.17, 15) is 39.6 Å². The number of aliphatic hydroxyl groups is 5. The van der Waals surface area contributed by atoms with E-state index in [2.05, 4.69) is 9.97 Å². The Bertz CT molecular complexity index is 1660. The van der Waals surface area contributed by atoms with Crippen LogP contribution in [0.2, 0.25) is 0 Å². The second kappa shape index (κ2) is 15.0. The van der Waals surface area contributed by atoms with Gasteiger partial charge in [0.2, 0.25) is 0 Å². The molecule has 6 aliphatic rings. The molecule has 0 saturated carbocycles. The molecule has 7 N–H and O–H groups in total. The van der Waals surface area contributed by atoms with Crippen LogP contribution in [0.1, 0.15) is 25.8 Å². The monoisotopic (exact) mass is 1150 g/mol. The van der Waals surface area contributed by atoms with Gasteiger partial charge in [0.25, 0.3) is 11.1 Å². The van der Waals surface area contributed by atoms with E-state index >= 15 is 0 Å². The summed E-state index contributed by atoms with van der Waals surface area (Å²) in [5.41, 5.74) is -4.94. The maximum atomic E-state index is 11.8. The van der Waals surface area contributed by atoms with Crippen molar-refractivity contribution >= 4 is 45.2 Å². The number of halogens is 2. The molecule has 3 unspecified atom stereocenters. The zero-order valence-electron chi connectivity index (χ0n) is 25.6. The van der Waals surface area contributed by atoms with E-state index in [0.29, 0.717) is 20.2 Å². The van der Waals surface area contributed by atoms with Crippen molar-refractivity contribution in [2.45, 2.75) is 79.2 Å². The second-order valence-corrected chi connectivity index (χ2v) is 14.4. The number of ether oxygens (including phenoxy) is 6. The number of hydrogen-bond donors (Lipinski definition) is 7. The summed E-state index contributed by atoms with van der Waals surface area (Å²) >= 11 is 3.63. The fourth-order valence-corrected chi connectivity index (χ4v) is 7.21. The van der Waals surface area contributed by atoms with Crippen molar-refractivity contribution in [3.8, 4) is 0 Å². The van der Waals surface area contributed by atoms with E-state index in [-0.39, 0.29) is 57.0 Å². The summed E-state index contributed by atoms with van der Waals surface area (Å²) in [5.74, 6) is 0. The minimum Gasteiger partial charge on any atom is -0.540 e. The Hall–Kier alpha value is -0.568. The molecule has 8 heterocycles. The van der Waals surface area contributed by atoms with Crippen molar-refractivity contribution in [3.63, 3.8) is 0 Å². The maximum Gasteiger partial charge on any atom is 0.330 e. The fourth-order valence-electron chi connectivity index (χ4n) is 6.34. The van der Waals surface area contributed by atoms with Crippen molar-refractivity contribution in [2.24, 2.45) is 0 Å². The third kappa shape index (κ3) is 6.75. The molecule has 0 aromatic carbocycles. The number of nitrogens with one attached hydrogen (secondary N) is 2. The number of aromatic amines is 2. The van der Waals surface area contributed by atoms with Gasteiger partial charge >= 0.3 is 11.4 Å². The third-order valence-corrected chi connectivity index (χ3v) is 10.9. The molecule has 0 aliphatic carbocycles. The molecule has 6 fully saturated rings. The van der Waals surface area contributed by atoms with Gasteiger partial charge in [0.05, 0.1) is 46.3 Å². The van der Waals surface area contributed by atoms with Crippen LogP contribution in [0.5, 0.6) is 0 Å². The average Bonchev–Trinajstić information content (AvgIpc) is 3.90. The van der Waals surface area contributed by atoms with Gasteiger partial charge in [-0.05, 0) is 57.7 Å². The molecular formula is C27H33I2N4O15U-. The number of H-pyrrole nitrogens is 2. The summed E-state index contributed by atoms with van der Waals surface area (Å²) in [6.07, 6.45) is -2.36. The Morgan fingerprint density at radius 1 is 0.776 bits per heavy atom. The SMILES string of the molecule is CC[C@]12COC([C@H](n3cc(I)c(=O)[nH]c3=O)O1)[C@@H]2O.O=c1[nH]c(=O)n([C@@H]2O[C@]3(CO)COC2[C@@H]3O)cc1I.OC[C@]12COC([CH-]O1)[C@@H]2O.[U]. The van der Waals surface area contributed by atoms with E-state index in [0.717, 1.165) is 4.57 Å². The number of nitrogens with zero attached hydrogens (tertiary/aromatic N) is 2. The molecule has 0 radical (unpaired) electrons. The maximum absolute atomic E-state index is 11.8. The van der Waals surface area contributed by atoms with Gasteiger partial charge in [-0.15, -0.1) is 0 Å². The van der Waals surface area contributed by atoms with Crippen LogP contribution in [-0.2, 0) is 28.4 Å². The molecule has 11 atom stereocenters. The van der Waals surface area contributed by atoms with Gasteiger partial charge in [0.15, 0.2) is 12.5 Å². The molecule has 6 aliphatic heterocycles. The summed E-state index contributed by atoms with van der Waals surface area (Å²) in [6.45, 7) is 3.41. The first-order valence-electron chi connectivity index (χ1n) is 14.7. The van der Waals surface area contributed by atoms with Crippen LogP contribution in [0.4, 0.5) is 0 Å². The van der Waals surface area contributed by atoms with E-state index in [1.807, 2.05) is 29.5 Å². The van der Waals surface area contributed by atoms with Crippen molar-refractivity contribution < 1.29 is 85.1 Å². The smallest absolute Gasteiger partial charge is 0.330 e. The summed E-state index contributed by atoms with van der Waals surface area (Å²) in [4.78, 5) is 50.7. The molecule has 22 heteroatoms. The third-order valence-electron chi connectivity index (χ3n) is 9.35. The average molecular weight is 1150 g/mol. The van der Waals surface area contributed by atoms with Gasteiger partial charge in [-0.3, -0.25) is 28.7 Å². The Morgan fingerprint density at radius 2 is 1.22 bits per heavy atom. The number of rotatable bonds is 5. The standard InChI is InChI=1S/C11H13IN2O5.C10H11IN2O6.C6H9O4.U/c1-2-11-4-18-6(7(11)15)9(19-11)14-3-5(12)8(16)13-10(14)17;11-4-1-13(9(17)12-7(4)16)8-5-6(15)10(2-14,19-8)3-18-5;7-2-6-3-9-4(1-10-6)5(6)8;/h3,6-7,9,15H,2,4H2,1H3,(H,13,16,17);1,5-6,8,14-15H,2-3H2,(H,12,16,17);1,4-5,7-8H,2-3H2;/q;;-1;/t6?,7-,9+,11+;5?,6-,8+,10+;4?,5-,6+;/m000./s1. The van der Waals surface area contributed by atoms with Gasteiger partial charge in [0, 0.05) is 43.5 Å². The molecule has 2 aromatic heterocycles. The normalized spacial score (nSPS) is 39.3. The van der Waals surface area contributed by atoms with E-state index in [4.69, 9.17) is 33.5 Å². The second-order valence-electron chi connectivity index (χ2n) is 12.1. The fraction of sp³-hybridized carbons (Fsp3) is 0.667. The van der Waals surface area contributed by atoms with Crippen LogP contribution in [0.25, 0.3) is 0 Å². The van der Waals surface area contributed by atoms with Crippen molar-refractivity contribution in [1.82, 2.24) is 19.1 Å². The molecule has 0 spiro atoms. The minimum atomic E-state index is -1.20. The van der Waals surface area contributed by atoms with Crippen molar-refractivity contribution in [3.05, 3.63) is 67.8 Å². The molecule has 49 heavy (non-hydrogen) atoms. The summed E-state index contributed by atoms with van der Waals surface area (Å²) in [5, 5.41) is 47.7. The topological polar surface area (TPSA) is 266 Å². The van der Waals surface area contributed by atoms with Crippen molar-refractivity contribution in [1.29, 1.82) is 0 Å². The predicted molar refractivity (Wildman–Crippen MR) is 174 cm³/mol. The predicted octanol–water partition coefficient (Wildman–Crippen LogP) is -3.59. The van der Waals surface area contributed by atoms with E-state index < -0.39 is 88.9 Å². The van der Waals surface area contributed by atoms with Crippen LogP contribution < -0.4 is 22.5 Å². The molecule has 8 rings (SSSR count). The zero-order valence-corrected chi connectivity index (χ0v) is 34.0. The van der Waals surface area contributed by atoms with E-state index in [1.54, 1.807) is 22.6 Å². The Morgan fingerprint density at radius 3 is 1.57 bits per heavy atom. The molecule has 270 valence electrons. The van der Waals surface area contributed by atoms with Crippen LogP contribution in [0.3, 0.4) is 0 Å². The Kier molecular flexibility index (Phi) is 12.2. The molecule has 2 aromatic rings. The largest absolute Gasteiger partial charge is 0.540 e. The van der Waals surface area contributed by atoms with Crippen molar-refractivity contribution in [2.75, 3.05) is 33.0 Å². The summed E-state index contributed by atoms with van der Waals surface area (Å²) < 4.78 is 35.5. The number of fused-ring (bicyclic) bond motifs is 6. The summed E-state index contributed by atoms with van der Waals surface area (Å²) in [6, 6.07) is 0. The van der Waals surface area contributed by atoms with Gasteiger partial charge in [0.1, 0.15) is 41.2 Å². The molecule has 6 bridgehead atoms. The van der Waals surface area contributed by atoms with Crippen LogP contribution in [0.15, 0.2) is 31.6 Å². The van der Waals surface area contributed by atoms with Crippen LogP contribution >= 0.6 is 45.2 Å². The van der Waals surface area contributed by atoms with Gasteiger partial charge in [-0.2, -0.15) is 6.61 Å². The quantitative estimate of drug-likeness (QED) is 0.113. The zero-order chi connectivity index (χ0) is 34.8. The minimum absolute atomic E-state index is 0. The number of aliphatic hydroxyl groups excluding tert-OH is 5. The Balaban J connectivity index is 0.000000149. The van der Waals surface area contributed by atoms with Crippen LogP contribution in [-0.4, -0.2) is 131 Å². The molecule has 0 amide bonds. The van der Waals surface area contributed by atoms with Gasteiger partial charge in [-0.25, -0.2) is 9.59 Å². The first-order valence-corrected chi connectivity index (χ1v) is 16.9. The first kappa shape index (κ1) is 39.6. The number of aromatic nitrogens is 4. The molecular weight excluding hydrogens is 1110 g/mol. The number of hydrogen-bond acceptors (Lipinski definition) is 15. The van der Waals surface area contributed by atoms with Gasteiger partial charge in [-0.1, -0.05) is 6.92 Å². The van der Waals surface area contributed by atoms with Gasteiger partial charge < -0.3 is 54.0 Å². The molecule has 6 saturated heterocycles.